The summed E-state index contributed by atoms with van der Waals surface area (Å²) in [6, 6.07) is 19.4. The van der Waals surface area contributed by atoms with E-state index in [2.05, 4.69) is 9.72 Å². The number of aliphatic hydroxyl groups is 1. The van der Waals surface area contributed by atoms with Crippen LogP contribution in [-0.4, -0.2) is 44.0 Å². The minimum atomic E-state index is -4.96. The maximum Gasteiger partial charge on any atom is 0.573 e. The van der Waals surface area contributed by atoms with Crippen molar-refractivity contribution in [1.82, 2.24) is 19.7 Å². The fraction of sp³-hybridized carbons (Fsp3) is 0.312. The van der Waals surface area contributed by atoms with Gasteiger partial charge in [-0.25, -0.2) is 9.67 Å². The Kier molecular flexibility index (Phi) is 8.29. The number of halogens is 3. The van der Waals surface area contributed by atoms with Crippen LogP contribution in [0.5, 0.6) is 5.75 Å². The molecule has 43 heavy (non-hydrogen) atoms. The number of para-hydroxylation sites is 1. The monoisotopic (exact) mass is 610 g/mol. The molecule has 7 nitrogen and oxygen atoms in total. The van der Waals surface area contributed by atoms with E-state index < -0.39 is 25.4 Å². The van der Waals surface area contributed by atoms with E-state index in [4.69, 9.17) is 10.1 Å². The summed E-state index contributed by atoms with van der Waals surface area (Å²) in [4.78, 5) is 7.97. The smallest absolute Gasteiger partial charge is 0.403 e. The van der Waals surface area contributed by atoms with Crippen molar-refractivity contribution >= 4 is 23.5 Å². The first kappa shape index (κ1) is 30.6. The minimum Gasteiger partial charge on any atom is -0.403 e. The highest BCUT2D eigenvalue weighted by Gasteiger charge is 2.34. The van der Waals surface area contributed by atoms with Gasteiger partial charge in [0.1, 0.15) is 24.8 Å². The molecular formula is C32H34F3N4O3P. The van der Waals surface area contributed by atoms with Gasteiger partial charge >= 0.3 is 6.36 Å². The Balaban J connectivity index is 1.64. The zero-order chi connectivity index (χ0) is 31.1. The number of hydrogen-bond donors (Lipinski definition) is 2. The molecule has 226 valence electrons. The standard InChI is InChI=1S/C32H34F3N4O3P/c1-6-43(5,41)22-15-16-25(27(18-22)42-32(33,34)35)39-20(4)28(19(2)3)30(38-39)23-13-10-14-24-29(23)37-31(36-24)26(40)17-21-11-8-7-9-12-21/h7-16,18-19,26,40H,6,17H2,1-5H3,(H,36,37)/t26-,43?/m0/s1. The minimum absolute atomic E-state index is 0.0386. The number of fused-ring (bicyclic) bond motifs is 1. The molecule has 0 aliphatic rings. The first-order valence-electron chi connectivity index (χ1n) is 14.1. The second-order valence-corrected chi connectivity index (χ2v) is 14.4. The first-order valence-corrected chi connectivity index (χ1v) is 16.4. The summed E-state index contributed by atoms with van der Waals surface area (Å²) >= 11 is 0. The highest BCUT2D eigenvalue weighted by Crippen LogP contribution is 2.43. The van der Waals surface area contributed by atoms with Gasteiger partial charge in [0.25, 0.3) is 0 Å². The van der Waals surface area contributed by atoms with Crippen LogP contribution in [-0.2, 0) is 11.0 Å². The second kappa shape index (κ2) is 11.7. The van der Waals surface area contributed by atoms with Gasteiger partial charge in [-0.15, -0.1) is 13.2 Å². The molecule has 2 N–H and O–H groups in total. The van der Waals surface area contributed by atoms with Crippen molar-refractivity contribution in [2.45, 2.75) is 52.5 Å². The van der Waals surface area contributed by atoms with Crippen LogP contribution in [0.3, 0.4) is 0 Å². The first-order chi connectivity index (χ1) is 20.3. The average molecular weight is 611 g/mol. The van der Waals surface area contributed by atoms with Gasteiger partial charge in [-0.1, -0.05) is 63.2 Å². The van der Waals surface area contributed by atoms with Crippen LogP contribution in [0.25, 0.3) is 28.0 Å². The molecule has 11 heteroatoms. The normalized spacial score (nSPS) is 14.3. The maximum absolute atomic E-state index is 13.6. The molecule has 0 radical (unpaired) electrons. The summed E-state index contributed by atoms with van der Waals surface area (Å²) < 4.78 is 59.6. The lowest BCUT2D eigenvalue weighted by Gasteiger charge is -2.18. The zero-order valence-electron chi connectivity index (χ0n) is 24.6. The van der Waals surface area contributed by atoms with Gasteiger partial charge in [0.2, 0.25) is 0 Å². The predicted octanol–water partition coefficient (Wildman–Crippen LogP) is 7.66. The molecule has 5 rings (SSSR count). The molecule has 0 fully saturated rings. The van der Waals surface area contributed by atoms with E-state index >= 15 is 0 Å². The molecule has 0 amide bonds. The lowest BCUT2D eigenvalue weighted by atomic mass is 9.96. The molecule has 5 aromatic rings. The van der Waals surface area contributed by atoms with E-state index in [1.807, 2.05) is 62.4 Å². The van der Waals surface area contributed by atoms with E-state index in [1.165, 1.54) is 16.8 Å². The van der Waals surface area contributed by atoms with Crippen molar-refractivity contribution in [2.75, 3.05) is 12.8 Å². The Morgan fingerprint density at radius 2 is 1.79 bits per heavy atom. The molecule has 0 saturated heterocycles. The van der Waals surface area contributed by atoms with Gasteiger partial charge in [-0.2, -0.15) is 5.10 Å². The third-order valence-corrected chi connectivity index (χ3v) is 10.2. The molecule has 0 bridgehead atoms. The molecule has 2 heterocycles. The number of aromatic amines is 1. The molecule has 0 aliphatic carbocycles. The van der Waals surface area contributed by atoms with Crippen LogP contribution in [0.4, 0.5) is 13.2 Å². The molecule has 0 saturated carbocycles. The molecule has 0 aliphatic heterocycles. The second-order valence-electron chi connectivity index (χ2n) is 11.1. The van der Waals surface area contributed by atoms with Crippen molar-refractivity contribution in [3.05, 3.63) is 89.4 Å². The number of aromatic nitrogens is 4. The number of nitrogens with one attached hydrogen (secondary N) is 1. The van der Waals surface area contributed by atoms with Crippen LogP contribution >= 0.6 is 7.14 Å². The number of imidazole rings is 1. The van der Waals surface area contributed by atoms with Crippen LogP contribution in [0.15, 0.2) is 66.7 Å². The van der Waals surface area contributed by atoms with Crippen molar-refractivity contribution in [3.63, 3.8) is 0 Å². The number of H-pyrrole nitrogens is 1. The van der Waals surface area contributed by atoms with E-state index in [1.54, 1.807) is 26.6 Å². The fourth-order valence-electron chi connectivity index (χ4n) is 5.33. The Hall–Kier alpha value is -3.88. The lowest BCUT2D eigenvalue weighted by molar-refractivity contribution is -0.274. The molecule has 2 aromatic heterocycles. The van der Waals surface area contributed by atoms with Gasteiger partial charge in [0, 0.05) is 34.7 Å². The topological polar surface area (TPSA) is 93.0 Å². The Morgan fingerprint density at radius 3 is 2.44 bits per heavy atom. The largest absolute Gasteiger partial charge is 0.573 e. The van der Waals surface area contributed by atoms with Gasteiger partial charge in [0.15, 0.2) is 5.75 Å². The van der Waals surface area contributed by atoms with Crippen molar-refractivity contribution in [1.29, 1.82) is 0 Å². The van der Waals surface area contributed by atoms with Gasteiger partial charge < -0.3 is 19.4 Å². The average Bonchev–Trinajstić information content (AvgIpc) is 3.54. The zero-order valence-corrected chi connectivity index (χ0v) is 25.5. The number of rotatable bonds is 9. The van der Waals surface area contributed by atoms with Crippen molar-refractivity contribution < 1.29 is 27.6 Å². The van der Waals surface area contributed by atoms with Crippen LogP contribution in [0.1, 0.15) is 55.4 Å². The third kappa shape index (κ3) is 6.26. The summed E-state index contributed by atoms with van der Waals surface area (Å²) in [6.07, 6.45) is -5.15. The van der Waals surface area contributed by atoms with Crippen molar-refractivity contribution in [2.24, 2.45) is 0 Å². The summed E-state index contributed by atoms with van der Waals surface area (Å²) in [6.45, 7) is 9.06. The Morgan fingerprint density at radius 1 is 1.07 bits per heavy atom. The summed E-state index contributed by atoms with van der Waals surface area (Å²) in [7, 11) is -2.87. The van der Waals surface area contributed by atoms with Gasteiger partial charge in [-0.05, 0) is 49.3 Å². The SMILES string of the molecule is CCP(C)(=O)c1ccc(-n2nc(-c3cccc4[nH]c([C@@H](O)Cc5ccccc5)nc34)c(C(C)C)c2C)c(OC(F)(F)F)c1. The van der Waals surface area contributed by atoms with Crippen LogP contribution < -0.4 is 10.0 Å². The quantitative estimate of drug-likeness (QED) is 0.167. The number of hydrogen-bond acceptors (Lipinski definition) is 5. The summed E-state index contributed by atoms with van der Waals surface area (Å²) in [5.41, 5.74) is 5.04. The number of ether oxygens (including phenoxy) is 1. The highest BCUT2D eigenvalue weighted by molar-refractivity contribution is 7.70. The maximum atomic E-state index is 13.6. The molecule has 0 spiro atoms. The predicted molar refractivity (Wildman–Crippen MR) is 163 cm³/mol. The number of nitrogens with zero attached hydrogens (tertiary/aromatic N) is 3. The summed E-state index contributed by atoms with van der Waals surface area (Å²) in [5.74, 6) is -0.106. The highest BCUT2D eigenvalue weighted by atomic mass is 31.2. The number of benzene rings is 3. The van der Waals surface area contributed by atoms with E-state index in [-0.39, 0.29) is 11.6 Å². The Bertz CT molecular complexity index is 1810. The van der Waals surface area contributed by atoms with E-state index in [0.29, 0.717) is 51.7 Å². The summed E-state index contributed by atoms with van der Waals surface area (Å²) in [5, 5.41) is 16.1. The van der Waals surface area contributed by atoms with Crippen LogP contribution in [0.2, 0.25) is 0 Å². The fourth-order valence-corrected chi connectivity index (χ4v) is 6.48. The molecular weight excluding hydrogens is 576 g/mol. The van der Waals surface area contributed by atoms with Crippen molar-refractivity contribution in [3.8, 4) is 22.7 Å². The van der Waals surface area contributed by atoms with E-state index in [9.17, 15) is 22.8 Å². The van der Waals surface area contributed by atoms with Gasteiger partial charge in [0.05, 0.1) is 16.7 Å². The number of alkyl halides is 3. The number of aliphatic hydroxyl groups excluding tert-OH is 1. The molecule has 3 aromatic carbocycles. The molecule has 1 unspecified atom stereocenters. The van der Waals surface area contributed by atoms with Gasteiger partial charge in [-0.3, -0.25) is 0 Å². The van der Waals surface area contributed by atoms with E-state index in [0.717, 1.165) is 11.1 Å². The Labute approximate surface area is 248 Å². The third-order valence-electron chi connectivity index (χ3n) is 7.66. The molecule has 2 atom stereocenters. The van der Waals surface area contributed by atoms with Crippen LogP contribution in [0, 0.1) is 6.92 Å². The lowest BCUT2D eigenvalue weighted by Crippen LogP contribution is -2.20.